The molecule has 0 amide bonds. The Labute approximate surface area is 133 Å². The highest BCUT2D eigenvalue weighted by Crippen LogP contribution is 2.43. The molecule has 2 aliphatic heterocycles. The molecule has 2 aromatic carbocycles. The number of hydrogen-bond acceptors (Lipinski definition) is 6. The van der Waals surface area contributed by atoms with Crippen LogP contribution in [0.1, 0.15) is 6.92 Å². The van der Waals surface area contributed by atoms with E-state index in [2.05, 4.69) is 10.6 Å². The van der Waals surface area contributed by atoms with Gasteiger partial charge in [0.15, 0.2) is 0 Å². The third-order valence-corrected chi connectivity index (χ3v) is 3.84. The summed E-state index contributed by atoms with van der Waals surface area (Å²) in [7, 11) is 0. The van der Waals surface area contributed by atoms with E-state index in [1.54, 1.807) is 13.0 Å². The maximum Gasteiger partial charge on any atom is 0.378 e. The van der Waals surface area contributed by atoms with Crippen LogP contribution in [0, 0.1) is 0 Å². The lowest BCUT2D eigenvalue weighted by Crippen LogP contribution is -2.68. The van der Waals surface area contributed by atoms with Gasteiger partial charge in [-0.1, -0.05) is 24.3 Å². The molecule has 0 aromatic heterocycles. The van der Waals surface area contributed by atoms with Crippen molar-refractivity contribution in [1.82, 2.24) is 0 Å². The average molecular weight is 312 g/mol. The lowest BCUT2D eigenvalue weighted by Gasteiger charge is -2.46. The average Bonchev–Trinajstić information content (AvgIpc) is 2.58. The van der Waals surface area contributed by atoms with E-state index < -0.39 is 17.9 Å². The predicted octanol–water partition coefficient (Wildman–Crippen LogP) is 2.58. The zero-order valence-corrected chi connectivity index (χ0v) is 12.5. The van der Waals surface area contributed by atoms with Crippen molar-refractivity contribution in [1.29, 1.82) is 0 Å². The highest BCUT2D eigenvalue weighted by atomic mass is 16.6. The van der Waals surface area contributed by atoms with E-state index >= 15 is 0 Å². The van der Waals surface area contributed by atoms with Gasteiger partial charge in [-0.25, -0.2) is 4.79 Å². The molecule has 2 atom stereocenters. The van der Waals surface area contributed by atoms with E-state index in [0.29, 0.717) is 17.2 Å². The first-order valence-corrected chi connectivity index (χ1v) is 7.48. The Morgan fingerprint density at radius 1 is 1.13 bits per heavy atom. The molecule has 0 spiro atoms. The second-order valence-electron chi connectivity index (χ2n) is 5.32. The van der Waals surface area contributed by atoms with E-state index in [1.165, 1.54) is 0 Å². The summed E-state index contributed by atoms with van der Waals surface area (Å²) < 4.78 is 17.2. The lowest BCUT2D eigenvalue weighted by molar-refractivity contribution is -0.167. The standard InChI is InChI=1S/C17H16N2O4/c1-2-21-16(20)17-15(18-11-7-3-6-10-14(11)23-17)22-13-9-5-4-8-12(13)19-17/h3-10,15,18-19H,2H2,1H3/t15-,17+/m1/s1. The number of esters is 1. The first-order valence-electron chi connectivity index (χ1n) is 7.48. The zero-order valence-electron chi connectivity index (χ0n) is 12.5. The molecule has 0 radical (unpaired) electrons. The number of carbonyl (C=O) groups is 1. The quantitative estimate of drug-likeness (QED) is 0.831. The van der Waals surface area contributed by atoms with Gasteiger partial charge < -0.3 is 24.8 Å². The third kappa shape index (κ3) is 2.06. The first kappa shape index (κ1) is 13.8. The number of carbonyl (C=O) groups excluding carboxylic acids is 1. The Balaban J connectivity index is 1.81. The molecule has 23 heavy (non-hydrogen) atoms. The maximum absolute atomic E-state index is 12.6. The van der Waals surface area contributed by atoms with Gasteiger partial charge in [0, 0.05) is 0 Å². The van der Waals surface area contributed by atoms with Crippen molar-refractivity contribution in [3.63, 3.8) is 0 Å². The fourth-order valence-corrected chi connectivity index (χ4v) is 2.79. The first-order chi connectivity index (χ1) is 11.2. The Kier molecular flexibility index (Phi) is 3.04. The molecule has 2 N–H and O–H groups in total. The number of benzene rings is 2. The van der Waals surface area contributed by atoms with Crippen molar-refractivity contribution in [3.8, 4) is 11.5 Å². The monoisotopic (exact) mass is 312 g/mol. The minimum Gasteiger partial charge on any atom is -0.461 e. The van der Waals surface area contributed by atoms with Crippen LogP contribution in [0.25, 0.3) is 0 Å². The van der Waals surface area contributed by atoms with Crippen LogP contribution in [-0.2, 0) is 9.53 Å². The molecule has 0 aliphatic carbocycles. The number of rotatable bonds is 2. The minimum atomic E-state index is -1.47. The van der Waals surface area contributed by atoms with E-state index in [4.69, 9.17) is 14.2 Å². The smallest absolute Gasteiger partial charge is 0.378 e. The van der Waals surface area contributed by atoms with Crippen LogP contribution in [0.5, 0.6) is 11.5 Å². The van der Waals surface area contributed by atoms with Crippen LogP contribution >= 0.6 is 0 Å². The summed E-state index contributed by atoms with van der Waals surface area (Å²) in [6.45, 7) is 2.01. The molecule has 0 fully saturated rings. The van der Waals surface area contributed by atoms with Crippen molar-refractivity contribution in [3.05, 3.63) is 48.5 Å². The summed E-state index contributed by atoms with van der Waals surface area (Å²) in [5, 5.41) is 6.36. The molecule has 4 rings (SSSR count). The number of hydrogen-bond donors (Lipinski definition) is 2. The maximum atomic E-state index is 12.6. The second-order valence-corrected chi connectivity index (χ2v) is 5.32. The zero-order chi connectivity index (χ0) is 15.9. The van der Waals surface area contributed by atoms with Gasteiger partial charge in [0.25, 0.3) is 0 Å². The number of para-hydroxylation sites is 4. The van der Waals surface area contributed by atoms with Crippen LogP contribution in [-0.4, -0.2) is 24.5 Å². The van der Waals surface area contributed by atoms with E-state index in [1.807, 2.05) is 42.5 Å². The largest absolute Gasteiger partial charge is 0.461 e. The van der Waals surface area contributed by atoms with Gasteiger partial charge in [0.2, 0.25) is 6.23 Å². The van der Waals surface area contributed by atoms with E-state index in [0.717, 1.165) is 5.69 Å². The van der Waals surface area contributed by atoms with Crippen LogP contribution in [0.3, 0.4) is 0 Å². The predicted molar refractivity (Wildman–Crippen MR) is 84.5 cm³/mol. The Hall–Kier alpha value is -2.89. The van der Waals surface area contributed by atoms with E-state index in [9.17, 15) is 4.79 Å². The highest BCUT2D eigenvalue weighted by Gasteiger charge is 2.57. The van der Waals surface area contributed by atoms with Gasteiger partial charge in [-0.15, -0.1) is 0 Å². The highest BCUT2D eigenvalue weighted by molar-refractivity contribution is 5.88. The topological polar surface area (TPSA) is 68.8 Å². The molecule has 6 heteroatoms. The van der Waals surface area contributed by atoms with Crippen LogP contribution in [0.4, 0.5) is 11.4 Å². The summed E-state index contributed by atoms with van der Waals surface area (Å²) in [6.07, 6.45) is -0.744. The molecule has 6 nitrogen and oxygen atoms in total. The molecule has 0 bridgehead atoms. The van der Waals surface area contributed by atoms with Gasteiger partial charge in [0.1, 0.15) is 11.5 Å². The fraction of sp³-hybridized carbons (Fsp3) is 0.235. The van der Waals surface area contributed by atoms with Crippen molar-refractivity contribution < 1.29 is 19.0 Å². The third-order valence-electron chi connectivity index (χ3n) is 3.84. The number of nitrogens with one attached hydrogen (secondary N) is 2. The van der Waals surface area contributed by atoms with Crippen molar-refractivity contribution in [2.75, 3.05) is 17.2 Å². The SMILES string of the molecule is CCOC(=O)[C@]12Nc3ccccc3O[C@H]1Nc1ccccc1O2. The molecule has 118 valence electrons. The Morgan fingerprint density at radius 3 is 2.61 bits per heavy atom. The van der Waals surface area contributed by atoms with Gasteiger partial charge in [0.05, 0.1) is 18.0 Å². The Bertz CT molecular complexity index is 710. The number of fused-ring (bicyclic) bond motifs is 3. The molecule has 2 heterocycles. The van der Waals surface area contributed by atoms with Crippen molar-refractivity contribution in [2.24, 2.45) is 0 Å². The van der Waals surface area contributed by atoms with Gasteiger partial charge in [-0.3, -0.25) is 0 Å². The molecular formula is C17H16N2O4. The van der Waals surface area contributed by atoms with Crippen LogP contribution < -0.4 is 20.1 Å². The number of anilines is 2. The van der Waals surface area contributed by atoms with Crippen LogP contribution in [0.15, 0.2) is 48.5 Å². The summed E-state index contributed by atoms with van der Waals surface area (Å²) in [5.74, 6) is 0.682. The Morgan fingerprint density at radius 2 is 1.83 bits per heavy atom. The summed E-state index contributed by atoms with van der Waals surface area (Å²) in [5.41, 5.74) is -0.0322. The van der Waals surface area contributed by atoms with Gasteiger partial charge in [-0.2, -0.15) is 0 Å². The molecular weight excluding hydrogens is 296 g/mol. The molecule has 2 aliphatic rings. The molecule has 2 aromatic rings. The number of ether oxygens (including phenoxy) is 3. The van der Waals surface area contributed by atoms with Gasteiger partial charge >= 0.3 is 11.7 Å². The normalized spacial score (nSPS) is 23.6. The van der Waals surface area contributed by atoms with Crippen LogP contribution in [0.2, 0.25) is 0 Å². The molecule has 0 saturated carbocycles. The lowest BCUT2D eigenvalue weighted by atomic mass is 10.1. The van der Waals surface area contributed by atoms with E-state index in [-0.39, 0.29) is 6.61 Å². The second kappa shape index (κ2) is 5.08. The summed E-state index contributed by atoms with van der Waals surface area (Å²) in [6, 6.07) is 14.8. The van der Waals surface area contributed by atoms with Gasteiger partial charge in [-0.05, 0) is 31.2 Å². The summed E-state index contributed by atoms with van der Waals surface area (Å²) >= 11 is 0. The molecule has 0 unspecified atom stereocenters. The summed E-state index contributed by atoms with van der Waals surface area (Å²) in [4.78, 5) is 12.6. The molecule has 0 saturated heterocycles. The fourth-order valence-electron chi connectivity index (χ4n) is 2.79. The van der Waals surface area contributed by atoms with Crippen molar-refractivity contribution in [2.45, 2.75) is 18.9 Å². The minimum absolute atomic E-state index is 0.252. The van der Waals surface area contributed by atoms with Crippen molar-refractivity contribution >= 4 is 17.3 Å².